The van der Waals surface area contributed by atoms with Gasteiger partial charge in [-0.15, -0.1) is 0 Å². The molecule has 0 amide bonds. The summed E-state index contributed by atoms with van der Waals surface area (Å²) < 4.78 is 31.7. The lowest BCUT2D eigenvalue weighted by molar-refractivity contribution is 0.395. The Hall–Kier alpha value is -2.17. The van der Waals surface area contributed by atoms with Gasteiger partial charge in [-0.25, -0.2) is 13.8 Å². The van der Waals surface area contributed by atoms with Crippen LogP contribution in [0, 0.1) is 18.6 Å². The summed E-state index contributed by atoms with van der Waals surface area (Å²) in [5, 5.41) is 0. The van der Waals surface area contributed by atoms with Crippen LogP contribution in [0.2, 0.25) is 0 Å². The monoisotopic (exact) mass is 236 g/mol. The van der Waals surface area contributed by atoms with Crippen molar-refractivity contribution in [3.63, 3.8) is 0 Å². The second kappa shape index (κ2) is 4.37. The van der Waals surface area contributed by atoms with Crippen molar-refractivity contribution in [3.8, 4) is 11.6 Å². The molecule has 5 heteroatoms. The van der Waals surface area contributed by atoms with E-state index in [0.29, 0.717) is 5.69 Å². The van der Waals surface area contributed by atoms with Crippen LogP contribution in [-0.2, 0) is 0 Å². The van der Waals surface area contributed by atoms with Crippen LogP contribution in [0.4, 0.5) is 14.5 Å². The molecule has 0 aliphatic heterocycles. The average Bonchev–Trinajstić information content (AvgIpc) is 2.28. The standard InChI is InChI=1S/C12H10F2N2O/c1-7-5-11(16-6-10(7)15)17-12-8(13)3-2-4-9(12)14/h2-6H,15H2,1H3. The summed E-state index contributed by atoms with van der Waals surface area (Å²) in [5.41, 5.74) is 6.80. The highest BCUT2D eigenvalue weighted by atomic mass is 19.1. The van der Waals surface area contributed by atoms with Crippen molar-refractivity contribution in [1.29, 1.82) is 0 Å². The highest BCUT2D eigenvalue weighted by molar-refractivity contribution is 5.46. The van der Waals surface area contributed by atoms with Gasteiger partial charge in [0, 0.05) is 6.07 Å². The van der Waals surface area contributed by atoms with Crippen LogP contribution >= 0.6 is 0 Å². The van der Waals surface area contributed by atoms with Gasteiger partial charge in [0.2, 0.25) is 11.6 Å². The van der Waals surface area contributed by atoms with Gasteiger partial charge in [-0.1, -0.05) is 6.07 Å². The van der Waals surface area contributed by atoms with Crippen LogP contribution in [0.15, 0.2) is 30.5 Å². The number of nitrogens with zero attached hydrogens (tertiary/aromatic N) is 1. The minimum atomic E-state index is -0.777. The number of pyridine rings is 1. The maximum atomic E-state index is 13.3. The number of anilines is 1. The molecule has 0 atom stereocenters. The lowest BCUT2D eigenvalue weighted by Crippen LogP contribution is -1.96. The number of para-hydroxylation sites is 1. The number of nitrogens with two attached hydrogens (primary N) is 1. The predicted octanol–water partition coefficient (Wildman–Crippen LogP) is 3.04. The molecule has 2 rings (SSSR count). The van der Waals surface area contributed by atoms with Gasteiger partial charge in [0.15, 0.2) is 11.6 Å². The maximum absolute atomic E-state index is 13.3. The zero-order valence-electron chi connectivity index (χ0n) is 9.08. The first kappa shape index (κ1) is 11.3. The molecule has 0 unspecified atom stereocenters. The summed E-state index contributed by atoms with van der Waals surface area (Å²) >= 11 is 0. The van der Waals surface area contributed by atoms with Gasteiger partial charge in [-0.2, -0.15) is 0 Å². The zero-order valence-corrected chi connectivity index (χ0v) is 9.08. The molecule has 0 fully saturated rings. The Morgan fingerprint density at radius 3 is 2.47 bits per heavy atom. The number of aromatic nitrogens is 1. The van der Waals surface area contributed by atoms with Crippen LogP contribution in [0.25, 0.3) is 0 Å². The van der Waals surface area contributed by atoms with Gasteiger partial charge in [0.05, 0.1) is 11.9 Å². The van der Waals surface area contributed by atoms with Gasteiger partial charge < -0.3 is 10.5 Å². The number of ether oxygens (including phenoxy) is 1. The van der Waals surface area contributed by atoms with E-state index >= 15 is 0 Å². The molecule has 1 aromatic heterocycles. The fourth-order valence-corrected chi connectivity index (χ4v) is 1.28. The minimum Gasteiger partial charge on any atom is -0.433 e. The molecule has 2 N–H and O–H groups in total. The molecular weight excluding hydrogens is 226 g/mol. The molecule has 3 nitrogen and oxygen atoms in total. The molecule has 17 heavy (non-hydrogen) atoms. The summed E-state index contributed by atoms with van der Waals surface area (Å²) in [4.78, 5) is 3.84. The first-order valence-electron chi connectivity index (χ1n) is 4.92. The smallest absolute Gasteiger partial charge is 0.219 e. The third-order valence-electron chi connectivity index (χ3n) is 2.25. The molecular formula is C12H10F2N2O. The molecule has 0 aliphatic carbocycles. The number of halogens is 2. The zero-order chi connectivity index (χ0) is 12.4. The van der Waals surface area contributed by atoms with E-state index < -0.39 is 17.4 Å². The first-order valence-corrected chi connectivity index (χ1v) is 4.92. The van der Waals surface area contributed by atoms with Crippen LogP contribution in [0.5, 0.6) is 11.6 Å². The summed E-state index contributed by atoms with van der Waals surface area (Å²) in [6.07, 6.45) is 1.38. The van der Waals surface area contributed by atoms with Crippen LogP contribution in [-0.4, -0.2) is 4.98 Å². The average molecular weight is 236 g/mol. The van der Waals surface area contributed by atoms with Crippen LogP contribution in [0.1, 0.15) is 5.56 Å². The summed E-state index contributed by atoms with van der Waals surface area (Å²) in [6.45, 7) is 1.75. The Morgan fingerprint density at radius 2 is 1.88 bits per heavy atom. The normalized spacial score (nSPS) is 10.3. The quantitative estimate of drug-likeness (QED) is 0.871. The second-order valence-corrected chi connectivity index (χ2v) is 3.53. The number of nitrogen functional groups attached to an aromatic ring is 1. The fourth-order valence-electron chi connectivity index (χ4n) is 1.28. The largest absolute Gasteiger partial charge is 0.433 e. The molecule has 0 bridgehead atoms. The fraction of sp³-hybridized carbons (Fsp3) is 0.0833. The molecule has 1 heterocycles. The Kier molecular flexibility index (Phi) is 2.91. The van der Waals surface area contributed by atoms with E-state index in [9.17, 15) is 8.78 Å². The summed E-state index contributed by atoms with van der Waals surface area (Å²) in [7, 11) is 0. The van der Waals surface area contributed by atoms with Crippen molar-refractivity contribution in [2.24, 2.45) is 0 Å². The van der Waals surface area contributed by atoms with Gasteiger partial charge in [-0.05, 0) is 24.6 Å². The summed E-state index contributed by atoms with van der Waals surface area (Å²) in [5.74, 6) is -1.92. The van der Waals surface area contributed by atoms with Crippen molar-refractivity contribution < 1.29 is 13.5 Å². The molecule has 0 radical (unpaired) electrons. The number of hydrogen-bond acceptors (Lipinski definition) is 3. The van der Waals surface area contributed by atoms with Crippen molar-refractivity contribution >= 4 is 5.69 Å². The molecule has 0 saturated carbocycles. The number of aryl methyl sites for hydroxylation is 1. The van der Waals surface area contributed by atoms with Crippen molar-refractivity contribution in [3.05, 3.63) is 47.7 Å². The van der Waals surface area contributed by atoms with E-state index in [0.717, 1.165) is 17.7 Å². The molecule has 1 aromatic carbocycles. The first-order chi connectivity index (χ1) is 8.08. The van der Waals surface area contributed by atoms with Crippen LogP contribution in [0.3, 0.4) is 0 Å². The van der Waals surface area contributed by atoms with Crippen molar-refractivity contribution in [1.82, 2.24) is 4.98 Å². The molecule has 0 spiro atoms. The topological polar surface area (TPSA) is 48.1 Å². The Bertz CT molecular complexity index is 538. The summed E-state index contributed by atoms with van der Waals surface area (Å²) in [6, 6.07) is 5.01. The van der Waals surface area contributed by atoms with Gasteiger partial charge >= 0.3 is 0 Å². The molecule has 2 aromatic rings. The van der Waals surface area contributed by atoms with Crippen molar-refractivity contribution in [2.75, 3.05) is 5.73 Å². The lowest BCUT2D eigenvalue weighted by Gasteiger charge is -2.08. The van der Waals surface area contributed by atoms with E-state index in [1.165, 1.54) is 18.3 Å². The van der Waals surface area contributed by atoms with E-state index in [2.05, 4.69) is 4.98 Å². The van der Waals surface area contributed by atoms with E-state index in [1.807, 2.05) is 0 Å². The third kappa shape index (κ3) is 2.33. The second-order valence-electron chi connectivity index (χ2n) is 3.53. The van der Waals surface area contributed by atoms with E-state index in [1.54, 1.807) is 6.92 Å². The number of hydrogen-bond donors (Lipinski definition) is 1. The SMILES string of the molecule is Cc1cc(Oc2c(F)cccc2F)ncc1N. The van der Waals surface area contributed by atoms with E-state index in [4.69, 9.17) is 10.5 Å². The van der Waals surface area contributed by atoms with Gasteiger partial charge in [0.1, 0.15) is 0 Å². The van der Waals surface area contributed by atoms with E-state index in [-0.39, 0.29) is 5.88 Å². The predicted molar refractivity (Wildman–Crippen MR) is 59.8 cm³/mol. The van der Waals surface area contributed by atoms with Crippen LogP contribution < -0.4 is 10.5 Å². The third-order valence-corrected chi connectivity index (χ3v) is 2.25. The lowest BCUT2D eigenvalue weighted by atomic mass is 10.2. The minimum absolute atomic E-state index is 0.0979. The Labute approximate surface area is 96.9 Å². The van der Waals surface area contributed by atoms with Gasteiger partial charge in [-0.3, -0.25) is 0 Å². The molecule has 0 saturated heterocycles. The molecule has 0 aliphatic rings. The van der Waals surface area contributed by atoms with Gasteiger partial charge in [0.25, 0.3) is 0 Å². The highest BCUT2D eigenvalue weighted by Crippen LogP contribution is 2.27. The Morgan fingerprint density at radius 1 is 1.24 bits per heavy atom. The molecule has 88 valence electrons. The Balaban J connectivity index is 2.35. The maximum Gasteiger partial charge on any atom is 0.219 e. The highest BCUT2D eigenvalue weighted by Gasteiger charge is 2.11. The number of rotatable bonds is 2. The number of benzene rings is 1. The van der Waals surface area contributed by atoms with Crippen molar-refractivity contribution in [2.45, 2.75) is 6.92 Å².